The Morgan fingerprint density at radius 2 is 1.65 bits per heavy atom. The van der Waals surface area contributed by atoms with E-state index in [1.807, 2.05) is 6.07 Å². The van der Waals surface area contributed by atoms with Crippen LogP contribution in [0.3, 0.4) is 0 Å². The molecule has 0 heterocycles. The lowest BCUT2D eigenvalue weighted by atomic mass is 10.1. The van der Waals surface area contributed by atoms with Gasteiger partial charge in [0.05, 0.1) is 6.07 Å². The van der Waals surface area contributed by atoms with E-state index in [4.69, 9.17) is 5.26 Å². The molecule has 5 heteroatoms. The van der Waals surface area contributed by atoms with Crippen LogP contribution in [0, 0.1) is 11.3 Å². The third kappa shape index (κ3) is 7.35. The van der Waals surface area contributed by atoms with Gasteiger partial charge in [0.2, 0.25) is 10.0 Å². The van der Waals surface area contributed by atoms with E-state index in [-0.39, 0.29) is 0 Å². The number of hydrogen-bond acceptors (Lipinski definition) is 3. The Bertz CT molecular complexity index is 320. The SMILES string of the molecule is CCCCCCCCCC(C#N)S(=O)(=O)NC. The second kappa shape index (κ2) is 9.43. The number of hydrogen-bond donors (Lipinski definition) is 1. The maximum Gasteiger partial charge on any atom is 0.227 e. The summed E-state index contributed by atoms with van der Waals surface area (Å²) in [5.41, 5.74) is 0. The van der Waals surface area contributed by atoms with E-state index in [0.717, 1.165) is 19.3 Å². The lowest BCUT2D eigenvalue weighted by Gasteiger charge is -2.08. The van der Waals surface area contributed by atoms with E-state index in [0.29, 0.717) is 6.42 Å². The van der Waals surface area contributed by atoms with Crippen LogP contribution in [-0.2, 0) is 10.0 Å². The Morgan fingerprint density at radius 3 is 2.12 bits per heavy atom. The summed E-state index contributed by atoms with van der Waals surface area (Å²) >= 11 is 0. The molecule has 0 aromatic heterocycles. The summed E-state index contributed by atoms with van der Waals surface area (Å²) in [5.74, 6) is 0. The first kappa shape index (κ1) is 16.4. The van der Waals surface area contributed by atoms with Crippen molar-refractivity contribution >= 4 is 10.0 Å². The quantitative estimate of drug-likeness (QED) is 0.614. The second-order valence-corrected chi connectivity index (χ2v) is 6.34. The summed E-state index contributed by atoms with van der Waals surface area (Å²) in [5, 5.41) is 7.90. The number of unbranched alkanes of at least 4 members (excludes halogenated alkanes) is 6. The molecule has 0 spiro atoms. The Hall–Kier alpha value is -0.600. The molecule has 0 amide bonds. The maximum absolute atomic E-state index is 11.4. The average molecular weight is 260 g/mol. The fourth-order valence-corrected chi connectivity index (χ4v) is 2.62. The molecule has 0 rings (SSSR count). The first-order chi connectivity index (χ1) is 8.08. The number of nitrogens with one attached hydrogen (secondary N) is 1. The third-order valence-electron chi connectivity index (χ3n) is 2.87. The van der Waals surface area contributed by atoms with E-state index in [9.17, 15) is 8.42 Å². The van der Waals surface area contributed by atoms with Crippen LogP contribution in [0.4, 0.5) is 0 Å². The molecule has 0 radical (unpaired) electrons. The van der Waals surface area contributed by atoms with Crippen molar-refractivity contribution in [1.82, 2.24) is 4.72 Å². The highest BCUT2D eigenvalue weighted by molar-refractivity contribution is 7.90. The van der Waals surface area contributed by atoms with E-state index in [2.05, 4.69) is 11.6 Å². The van der Waals surface area contributed by atoms with Crippen molar-refractivity contribution in [2.45, 2.75) is 63.5 Å². The lowest BCUT2D eigenvalue weighted by Crippen LogP contribution is -2.30. The van der Waals surface area contributed by atoms with Crippen LogP contribution in [0.1, 0.15) is 58.3 Å². The molecule has 0 fully saturated rings. The Labute approximate surface area is 105 Å². The van der Waals surface area contributed by atoms with Gasteiger partial charge in [0.1, 0.15) is 0 Å². The van der Waals surface area contributed by atoms with Gasteiger partial charge < -0.3 is 0 Å². The molecule has 17 heavy (non-hydrogen) atoms. The number of sulfonamides is 1. The standard InChI is InChI=1S/C12H24N2O2S/c1-3-4-5-6-7-8-9-10-12(11-13)17(15,16)14-2/h12,14H,3-10H2,1-2H3. The minimum atomic E-state index is -3.42. The third-order valence-corrected chi connectivity index (χ3v) is 4.53. The van der Waals surface area contributed by atoms with Crippen molar-refractivity contribution in [3.8, 4) is 6.07 Å². The van der Waals surface area contributed by atoms with Crippen molar-refractivity contribution in [2.75, 3.05) is 7.05 Å². The van der Waals surface area contributed by atoms with Gasteiger partial charge in [-0.25, -0.2) is 13.1 Å². The van der Waals surface area contributed by atoms with Crippen LogP contribution in [-0.4, -0.2) is 20.7 Å². The van der Waals surface area contributed by atoms with Gasteiger partial charge >= 0.3 is 0 Å². The summed E-state index contributed by atoms with van der Waals surface area (Å²) in [4.78, 5) is 0. The molecule has 0 aliphatic heterocycles. The van der Waals surface area contributed by atoms with Crippen molar-refractivity contribution in [3.63, 3.8) is 0 Å². The van der Waals surface area contributed by atoms with Gasteiger partial charge in [-0.15, -0.1) is 0 Å². The number of nitrogens with zero attached hydrogens (tertiary/aromatic N) is 1. The van der Waals surface area contributed by atoms with Gasteiger partial charge in [0.25, 0.3) is 0 Å². The van der Waals surface area contributed by atoms with Crippen molar-refractivity contribution in [2.24, 2.45) is 0 Å². The molecule has 1 unspecified atom stereocenters. The zero-order valence-corrected chi connectivity index (χ0v) is 11.7. The summed E-state index contributed by atoms with van der Waals surface area (Å²) < 4.78 is 25.0. The largest absolute Gasteiger partial charge is 0.227 e. The second-order valence-electron chi connectivity index (χ2n) is 4.28. The first-order valence-corrected chi connectivity index (χ1v) is 7.95. The molecule has 0 aliphatic rings. The highest BCUT2D eigenvalue weighted by Gasteiger charge is 2.22. The predicted molar refractivity (Wildman–Crippen MR) is 70.0 cm³/mol. The van der Waals surface area contributed by atoms with Gasteiger partial charge in [0.15, 0.2) is 5.25 Å². The minimum absolute atomic E-state index is 0.438. The highest BCUT2D eigenvalue weighted by atomic mass is 32.2. The Morgan fingerprint density at radius 1 is 1.12 bits per heavy atom. The minimum Gasteiger partial charge on any atom is -0.217 e. The molecule has 0 aliphatic carbocycles. The normalized spacial score (nSPS) is 13.2. The monoisotopic (exact) mass is 260 g/mol. The summed E-state index contributed by atoms with van der Waals surface area (Å²) in [6, 6.07) is 1.85. The zero-order chi connectivity index (χ0) is 13.1. The molecule has 1 atom stereocenters. The molecule has 0 saturated carbocycles. The van der Waals surface area contributed by atoms with Gasteiger partial charge in [-0.05, 0) is 13.5 Å². The molecule has 0 bridgehead atoms. The van der Waals surface area contributed by atoms with E-state index >= 15 is 0 Å². The van der Waals surface area contributed by atoms with E-state index in [1.54, 1.807) is 0 Å². The maximum atomic E-state index is 11.4. The van der Waals surface area contributed by atoms with Crippen LogP contribution in [0.25, 0.3) is 0 Å². The number of rotatable bonds is 10. The van der Waals surface area contributed by atoms with Crippen molar-refractivity contribution < 1.29 is 8.42 Å². The molecule has 100 valence electrons. The van der Waals surface area contributed by atoms with Crippen LogP contribution >= 0.6 is 0 Å². The van der Waals surface area contributed by atoms with Gasteiger partial charge in [-0.2, -0.15) is 5.26 Å². The highest BCUT2D eigenvalue weighted by Crippen LogP contribution is 2.12. The molecular formula is C12H24N2O2S. The molecule has 0 saturated heterocycles. The fraction of sp³-hybridized carbons (Fsp3) is 0.917. The van der Waals surface area contributed by atoms with Crippen molar-refractivity contribution in [3.05, 3.63) is 0 Å². The topological polar surface area (TPSA) is 70.0 Å². The molecule has 4 nitrogen and oxygen atoms in total. The van der Waals surface area contributed by atoms with Gasteiger partial charge in [-0.3, -0.25) is 0 Å². The fourth-order valence-electron chi connectivity index (χ4n) is 1.72. The first-order valence-electron chi connectivity index (χ1n) is 6.40. The average Bonchev–Trinajstić information content (AvgIpc) is 2.32. The molecule has 0 aromatic carbocycles. The van der Waals surface area contributed by atoms with Crippen LogP contribution in [0.2, 0.25) is 0 Å². The summed E-state index contributed by atoms with van der Waals surface area (Å²) in [6.45, 7) is 2.18. The predicted octanol–water partition coefficient (Wildman–Crippen LogP) is 2.57. The van der Waals surface area contributed by atoms with Crippen LogP contribution in [0.5, 0.6) is 0 Å². The number of nitriles is 1. The molecular weight excluding hydrogens is 236 g/mol. The lowest BCUT2D eigenvalue weighted by molar-refractivity contribution is 0.556. The van der Waals surface area contributed by atoms with Gasteiger partial charge in [0, 0.05) is 0 Å². The van der Waals surface area contributed by atoms with E-state index < -0.39 is 15.3 Å². The van der Waals surface area contributed by atoms with Crippen molar-refractivity contribution in [1.29, 1.82) is 5.26 Å². The van der Waals surface area contributed by atoms with Gasteiger partial charge in [-0.1, -0.05) is 51.9 Å². The van der Waals surface area contributed by atoms with Crippen LogP contribution < -0.4 is 4.72 Å². The Balaban J connectivity index is 3.70. The smallest absolute Gasteiger partial charge is 0.217 e. The zero-order valence-electron chi connectivity index (χ0n) is 10.9. The van der Waals surface area contributed by atoms with E-state index in [1.165, 1.54) is 32.7 Å². The summed E-state index contributed by atoms with van der Waals surface area (Å²) in [6.07, 6.45) is 8.38. The summed E-state index contributed by atoms with van der Waals surface area (Å²) in [7, 11) is -2.07. The molecule has 1 N–H and O–H groups in total. The molecule has 0 aromatic rings. The Kier molecular flexibility index (Phi) is 9.10. The van der Waals surface area contributed by atoms with Crippen LogP contribution in [0.15, 0.2) is 0 Å².